The zero-order valence-electron chi connectivity index (χ0n) is 10.0. The topological polar surface area (TPSA) is 66.8 Å². The van der Waals surface area contributed by atoms with Crippen LogP contribution in [0, 0.1) is 0 Å². The van der Waals surface area contributed by atoms with Crippen molar-refractivity contribution in [3.63, 3.8) is 0 Å². The number of phenols is 2. The molecule has 0 saturated carbocycles. The molecule has 1 heterocycles. The number of fused-ring (bicyclic) bond motifs is 1. The number of ether oxygens (including phenoxy) is 1. The molecule has 0 unspecified atom stereocenters. The van der Waals surface area contributed by atoms with Crippen LogP contribution in [0.25, 0.3) is 0 Å². The average Bonchev–Trinajstić information content (AvgIpc) is 2.38. The molecule has 19 heavy (non-hydrogen) atoms. The first-order chi connectivity index (χ1) is 9.13. The van der Waals surface area contributed by atoms with E-state index in [1.807, 2.05) is 0 Å². The fraction of sp³-hybridized carbons (Fsp3) is 0.133. The summed E-state index contributed by atoms with van der Waals surface area (Å²) in [5.74, 6) is 0.539. The SMILES string of the molecule is O=C1C[C@H](c2cccc(O)c2)Oc2cc(O)ccc21. The van der Waals surface area contributed by atoms with Crippen LogP contribution in [0.1, 0.15) is 28.4 Å². The van der Waals surface area contributed by atoms with Crippen molar-refractivity contribution in [2.24, 2.45) is 0 Å². The number of phenolic OH excluding ortho intramolecular Hbond substituents is 2. The van der Waals surface area contributed by atoms with Crippen molar-refractivity contribution >= 4 is 5.78 Å². The molecule has 2 aromatic rings. The fourth-order valence-electron chi connectivity index (χ4n) is 2.22. The van der Waals surface area contributed by atoms with Gasteiger partial charge in [0.05, 0.1) is 12.0 Å². The Morgan fingerprint density at radius 3 is 2.63 bits per heavy atom. The summed E-state index contributed by atoms with van der Waals surface area (Å²) in [6.07, 6.45) is -0.213. The van der Waals surface area contributed by atoms with Crippen LogP contribution in [-0.2, 0) is 0 Å². The summed E-state index contributed by atoms with van der Waals surface area (Å²) >= 11 is 0. The lowest BCUT2D eigenvalue weighted by Crippen LogP contribution is -2.20. The number of Topliss-reactive ketones (excluding diaryl/α,β-unsaturated/α-hetero) is 1. The maximum atomic E-state index is 12.0. The number of hydrogen-bond donors (Lipinski definition) is 2. The smallest absolute Gasteiger partial charge is 0.170 e. The first-order valence-corrected chi connectivity index (χ1v) is 5.95. The second-order valence-electron chi connectivity index (χ2n) is 4.51. The second kappa shape index (κ2) is 4.31. The van der Waals surface area contributed by atoms with Gasteiger partial charge in [0.15, 0.2) is 5.78 Å². The maximum Gasteiger partial charge on any atom is 0.170 e. The molecule has 1 atom stereocenters. The van der Waals surface area contributed by atoms with E-state index in [0.717, 1.165) is 5.56 Å². The van der Waals surface area contributed by atoms with Crippen LogP contribution >= 0.6 is 0 Å². The molecule has 0 aromatic heterocycles. The molecular weight excluding hydrogens is 244 g/mol. The lowest BCUT2D eigenvalue weighted by Gasteiger charge is -2.25. The molecule has 0 fully saturated rings. The molecule has 4 nitrogen and oxygen atoms in total. The molecule has 2 aromatic carbocycles. The van der Waals surface area contributed by atoms with Gasteiger partial charge in [-0.05, 0) is 29.8 Å². The van der Waals surface area contributed by atoms with E-state index in [9.17, 15) is 15.0 Å². The zero-order chi connectivity index (χ0) is 13.4. The maximum absolute atomic E-state index is 12.0. The quantitative estimate of drug-likeness (QED) is 0.823. The Balaban J connectivity index is 1.98. The number of ketones is 1. The largest absolute Gasteiger partial charge is 0.508 e. The van der Waals surface area contributed by atoms with Crippen LogP contribution in [0.15, 0.2) is 42.5 Å². The van der Waals surface area contributed by atoms with Crippen molar-refractivity contribution in [3.8, 4) is 17.2 Å². The zero-order valence-corrected chi connectivity index (χ0v) is 10.0. The summed E-state index contributed by atoms with van der Waals surface area (Å²) in [6.45, 7) is 0. The van der Waals surface area contributed by atoms with Crippen LogP contribution in [0.5, 0.6) is 17.2 Å². The Bertz CT molecular complexity index is 648. The normalized spacial score (nSPS) is 17.7. The molecule has 4 heteroatoms. The number of carbonyl (C=O) groups is 1. The van der Waals surface area contributed by atoms with Gasteiger partial charge in [0.1, 0.15) is 23.4 Å². The highest BCUT2D eigenvalue weighted by Gasteiger charge is 2.27. The highest BCUT2D eigenvalue weighted by Crippen LogP contribution is 2.37. The van der Waals surface area contributed by atoms with Gasteiger partial charge in [-0.25, -0.2) is 0 Å². The Morgan fingerprint density at radius 1 is 1.05 bits per heavy atom. The molecule has 2 N–H and O–H groups in total. The third-order valence-corrected chi connectivity index (χ3v) is 3.15. The van der Waals surface area contributed by atoms with Crippen LogP contribution in [0.3, 0.4) is 0 Å². The number of rotatable bonds is 1. The van der Waals surface area contributed by atoms with E-state index >= 15 is 0 Å². The highest BCUT2D eigenvalue weighted by atomic mass is 16.5. The Labute approximate surface area is 109 Å². The number of benzene rings is 2. The Morgan fingerprint density at radius 2 is 1.84 bits per heavy atom. The predicted molar refractivity (Wildman–Crippen MR) is 68.5 cm³/mol. The van der Waals surface area contributed by atoms with Gasteiger partial charge >= 0.3 is 0 Å². The summed E-state index contributed by atoms with van der Waals surface area (Å²) in [5, 5.41) is 18.9. The van der Waals surface area contributed by atoms with Crippen molar-refractivity contribution in [3.05, 3.63) is 53.6 Å². The molecule has 0 saturated heterocycles. The van der Waals surface area contributed by atoms with E-state index < -0.39 is 6.10 Å². The fourth-order valence-corrected chi connectivity index (χ4v) is 2.22. The Hall–Kier alpha value is -2.49. The van der Waals surface area contributed by atoms with Crippen molar-refractivity contribution < 1.29 is 19.7 Å². The molecule has 0 spiro atoms. The minimum absolute atomic E-state index is 0.0328. The monoisotopic (exact) mass is 256 g/mol. The first kappa shape index (κ1) is 11.6. The van der Waals surface area contributed by atoms with Crippen LogP contribution in [-0.4, -0.2) is 16.0 Å². The standard InChI is InChI=1S/C15H12O4/c16-10-3-1-2-9(6-10)14-8-13(18)12-5-4-11(17)7-15(12)19-14/h1-7,14,16-17H,8H2/t14-/m1/s1. The summed E-state index contributed by atoms with van der Waals surface area (Å²) in [6, 6.07) is 11.1. The molecule has 0 amide bonds. The second-order valence-corrected chi connectivity index (χ2v) is 4.51. The first-order valence-electron chi connectivity index (χ1n) is 5.95. The molecular formula is C15H12O4. The van der Waals surface area contributed by atoms with E-state index in [1.54, 1.807) is 30.3 Å². The van der Waals surface area contributed by atoms with Crippen molar-refractivity contribution in [2.75, 3.05) is 0 Å². The third kappa shape index (κ3) is 2.12. The van der Waals surface area contributed by atoms with E-state index in [1.165, 1.54) is 12.1 Å². The molecule has 0 radical (unpaired) electrons. The molecule has 3 rings (SSSR count). The van der Waals surface area contributed by atoms with E-state index in [2.05, 4.69) is 0 Å². The van der Waals surface area contributed by atoms with Gasteiger partial charge < -0.3 is 14.9 Å². The van der Waals surface area contributed by atoms with Crippen LogP contribution in [0.4, 0.5) is 0 Å². The molecule has 0 bridgehead atoms. The predicted octanol–water partition coefficient (Wildman–Crippen LogP) is 2.80. The van der Waals surface area contributed by atoms with E-state index in [-0.39, 0.29) is 23.7 Å². The van der Waals surface area contributed by atoms with Crippen LogP contribution < -0.4 is 4.74 Å². The third-order valence-electron chi connectivity index (χ3n) is 3.15. The van der Waals surface area contributed by atoms with Gasteiger partial charge in [-0.1, -0.05) is 12.1 Å². The van der Waals surface area contributed by atoms with Gasteiger partial charge in [-0.3, -0.25) is 4.79 Å². The molecule has 1 aliphatic heterocycles. The van der Waals surface area contributed by atoms with Crippen molar-refractivity contribution in [1.29, 1.82) is 0 Å². The average molecular weight is 256 g/mol. The number of aromatic hydroxyl groups is 2. The van der Waals surface area contributed by atoms with Gasteiger partial charge in [-0.2, -0.15) is 0 Å². The minimum Gasteiger partial charge on any atom is -0.508 e. The van der Waals surface area contributed by atoms with Gasteiger partial charge in [-0.15, -0.1) is 0 Å². The summed E-state index contributed by atoms with van der Waals surface area (Å²) in [5.41, 5.74) is 1.22. The highest BCUT2D eigenvalue weighted by molar-refractivity contribution is 6.00. The number of hydrogen-bond acceptors (Lipinski definition) is 4. The minimum atomic E-state index is -0.436. The summed E-state index contributed by atoms with van der Waals surface area (Å²) < 4.78 is 5.73. The Kier molecular flexibility index (Phi) is 2.63. The van der Waals surface area contributed by atoms with Gasteiger partial charge in [0, 0.05) is 6.07 Å². The van der Waals surface area contributed by atoms with Crippen LogP contribution in [0.2, 0.25) is 0 Å². The van der Waals surface area contributed by atoms with E-state index in [4.69, 9.17) is 4.74 Å². The molecule has 96 valence electrons. The molecule has 1 aliphatic rings. The molecule has 0 aliphatic carbocycles. The lowest BCUT2D eigenvalue weighted by molar-refractivity contribution is 0.0849. The van der Waals surface area contributed by atoms with Crippen molar-refractivity contribution in [1.82, 2.24) is 0 Å². The van der Waals surface area contributed by atoms with Gasteiger partial charge in [0.25, 0.3) is 0 Å². The number of carbonyl (C=O) groups excluding carboxylic acids is 1. The lowest BCUT2D eigenvalue weighted by atomic mass is 9.96. The van der Waals surface area contributed by atoms with E-state index in [0.29, 0.717) is 11.3 Å². The summed E-state index contributed by atoms with van der Waals surface area (Å²) in [4.78, 5) is 12.0. The summed E-state index contributed by atoms with van der Waals surface area (Å²) in [7, 11) is 0. The van der Waals surface area contributed by atoms with Gasteiger partial charge in [0.2, 0.25) is 0 Å². The van der Waals surface area contributed by atoms with Crippen molar-refractivity contribution in [2.45, 2.75) is 12.5 Å².